The van der Waals surface area contributed by atoms with Gasteiger partial charge in [-0.25, -0.2) is 18.4 Å². The topological polar surface area (TPSA) is 110 Å². The smallest absolute Gasteiger partial charge is 0.265 e. The van der Waals surface area contributed by atoms with E-state index in [9.17, 15) is 8.42 Å². The summed E-state index contributed by atoms with van der Waals surface area (Å²) in [6, 6.07) is 19.4. The number of rotatable bonds is 6. The number of anilines is 2. The number of aromatic nitrogens is 4. The minimum absolute atomic E-state index is 0.0239. The molecule has 0 amide bonds. The summed E-state index contributed by atoms with van der Waals surface area (Å²) in [5, 5.41) is 3.75. The van der Waals surface area contributed by atoms with Crippen molar-refractivity contribution in [3.63, 3.8) is 0 Å². The minimum Gasteiger partial charge on any atom is -0.363 e. The molecule has 3 aromatic carbocycles. The molecule has 0 atom stereocenters. The fourth-order valence-electron chi connectivity index (χ4n) is 3.20. The molecule has 2 aromatic heterocycles. The van der Waals surface area contributed by atoms with E-state index in [1.54, 1.807) is 24.3 Å². The highest BCUT2D eigenvalue weighted by Gasteiger charge is 2.22. The number of para-hydroxylation sites is 2. The maximum absolute atomic E-state index is 13.2. The monoisotopic (exact) mass is 482 g/mol. The van der Waals surface area contributed by atoms with Crippen LogP contribution >= 0.6 is 23.3 Å². The van der Waals surface area contributed by atoms with E-state index in [-0.39, 0.29) is 16.5 Å². The van der Waals surface area contributed by atoms with Gasteiger partial charge in [0.1, 0.15) is 15.9 Å². The zero-order valence-corrected chi connectivity index (χ0v) is 18.7. The second kappa shape index (κ2) is 8.30. The molecular formula is C21H15ClN6O2S2. The van der Waals surface area contributed by atoms with Gasteiger partial charge in [0.05, 0.1) is 22.8 Å². The van der Waals surface area contributed by atoms with E-state index in [0.717, 1.165) is 17.3 Å². The molecule has 0 bridgehead atoms. The van der Waals surface area contributed by atoms with Crippen LogP contribution in [0.2, 0.25) is 5.02 Å². The highest BCUT2D eigenvalue weighted by Crippen LogP contribution is 2.28. The van der Waals surface area contributed by atoms with Crippen LogP contribution in [0.1, 0.15) is 5.56 Å². The maximum atomic E-state index is 13.2. The number of nitrogens with one attached hydrogen (secondary N) is 2. The number of hydrogen-bond donors (Lipinski definition) is 2. The number of halogens is 1. The fourth-order valence-corrected chi connectivity index (χ4v) is 5.17. The van der Waals surface area contributed by atoms with Gasteiger partial charge in [0.15, 0.2) is 11.6 Å². The van der Waals surface area contributed by atoms with E-state index < -0.39 is 10.0 Å². The molecule has 11 heteroatoms. The van der Waals surface area contributed by atoms with Crippen molar-refractivity contribution in [2.45, 2.75) is 11.4 Å². The quantitative estimate of drug-likeness (QED) is 0.361. The third-order valence-electron chi connectivity index (χ3n) is 4.74. The molecule has 0 saturated heterocycles. The first kappa shape index (κ1) is 20.6. The van der Waals surface area contributed by atoms with E-state index in [2.05, 4.69) is 28.8 Å². The molecule has 8 nitrogen and oxygen atoms in total. The van der Waals surface area contributed by atoms with Crippen molar-refractivity contribution in [3.05, 3.63) is 77.3 Å². The van der Waals surface area contributed by atoms with E-state index >= 15 is 0 Å². The van der Waals surface area contributed by atoms with Crippen LogP contribution in [0.15, 0.2) is 71.6 Å². The van der Waals surface area contributed by atoms with Crippen molar-refractivity contribution in [1.29, 1.82) is 0 Å². The molecule has 5 aromatic rings. The van der Waals surface area contributed by atoms with Gasteiger partial charge in [0.25, 0.3) is 10.0 Å². The Hall–Kier alpha value is -3.34. The van der Waals surface area contributed by atoms with E-state index in [4.69, 9.17) is 11.6 Å². The first-order chi connectivity index (χ1) is 15.5. The Kier molecular flexibility index (Phi) is 5.33. The Morgan fingerprint density at radius 3 is 2.28 bits per heavy atom. The van der Waals surface area contributed by atoms with Crippen LogP contribution < -0.4 is 10.0 Å². The number of hydrogen-bond acceptors (Lipinski definition) is 8. The standard InChI is InChI=1S/C21H15ClN6O2S2/c22-14-7-2-1-6-13(14)12-23-20-21(25-16-9-4-3-8-15(16)24-20)28-32(29,30)18-11-5-10-17-19(18)27-31-26-17/h1-11H,12H2,(H,23,24)(H,25,28). The average Bonchev–Trinajstić information content (AvgIpc) is 3.27. The lowest BCUT2D eigenvalue weighted by atomic mass is 10.2. The van der Waals surface area contributed by atoms with Gasteiger partial charge in [-0.05, 0) is 35.9 Å². The molecule has 0 fully saturated rings. The Morgan fingerprint density at radius 1 is 0.812 bits per heavy atom. The Morgan fingerprint density at radius 2 is 1.50 bits per heavy atom. The molecule has 0 unspecified atom stereocenters. The number of sulfonamides is 1. The number of fused-ring (bicyclic) bond motifs is 2. The van der Waals surface area contributed by atoms with Gasteiger partial charge in [-0.15, -0.1) is 0 Å². The van der Waals surface area contributed by atoms with Crippen LogP contribution in [0.4, 0.5) is 11.6 Å². The fraction of sp³-hybridized carbons (Fsp3) is 0.0476. The van der Waals surface area contributed by atoms with Crippen LogP contribution in [0.25, 0.3) is 22.1 Å². The number of nitrogens with zero attached hydrogens (tertiary/aromatic N) is 4. The van der Waals surface area contributed by atoms with Crippen molar-refractivity contribution < 1.29 is 8.42 Å². The van der Waals surface area contributed by atoms with E-state index in [0.29, 0.717) is 33.6 Å². The van der Waals surface area contributed by atoms with Crippen molar-refractivity contribution in [2.75, 3.05) is 10.0 Å². The van der Waals surface area contributed by atoms with E-state index in [1.807, 2.05) is 36.4 Å². The van der Waals surface area contributed by atoms with Gasteiger partial charge in [-0.2, -0.15) is 8.75 Å². The van der Waals surface area contributed by atoms with Crippen LogP contribution in [0.3, 0.4) is 0 Å². The Labute approximate surface area is 192 Å². The van der Waals surface area contributed by atoms with Crippen LogP contribution in [0.5, 0.6) is 0 Å². The van der Waals surface area contributed by atoms with Gasteiger partial charge in [-0.1, -0.05) is 48.0 Å². The Bertz CT molecular complexity index is 1550. The van der Waals surface area contributed by atoms with Crippen LogP contribution in [0, 0.1) is 0 Å². The van der Waals surface area contributed by atoms with Gasteiger partial charge in [0.2, 0.25) is 0 Å². The molecule has 160 valence electrons. The molecule has 2 N–H and O–H groups in total. The van der Waals surface area contributed by atoms with Gasteiger partial charge in [0, 0.05) is 11.6 Å². The molecule has 0 aliphatic rings. The lowest BCUT2D eigenvalue weighted by molar-refractivity contribution is 0.601. The Balaban J connectivity index is 1.55. The largest absolute Gasteiger partial charge is 0.363 e. The average molecular weight is 483 g/mol. The first-order valence-electron chi connectivity index (χ1n) is 9.49. The van der Waals surface area contributed by atoms with E-state index in [1.165, 1.54) is 6.07 Å². The molecule has 0 radical (unpaired) electrons. The molecule has 0 aliphatic heterocycles. The lowest BCUT2D eigenvalue weighted by Crippen LogP contribution is -2.17. The second-order valence-corrected chi connectivity index (χ2v) is 9.43. The predicted octanol–water partition coefficient (Wildman–Crippen LogP) is 4.70. The molecule has 0 aliphatic carbocycles. The first-order valence-corrected chi connectivity index (χ1v) is 12.1. The predicted molar refractivity (Wildman–Crippen MR) is 127 cm³/mol. The molecule has 0 saturated carbocycles. The van der Waals surface area contributed by atoms with Crippen molar-refractivity contribution in [3.8, 4) is 0 Å². The highest BCUT2D eigenvalue weighted by molar-refractivity contribution is 7.93. The third kappa shape index (κ3) is 3.95. The van der Waals surface area contributed by atoms with Crippen molar-refractivity contribution in [1.82, 2.24) is 18.7 Å². The summed E-state index contributed by atoms with van der Waals surface area (Å²) < 4.78 is 37.3. The van der Waals surface area contributed by atoms with Gasteiger partial charge < -0.3 is 5.32 Å². The van der Waals surface area contributed by atoms with Crippen molar-refractivity contribution in [2.24, 2.45) is 0 Å². The molecule has 2 heterocycles. The van der Waals surface area contributed by atoms with Gasteiger partial charge in [-0.3, -0.25) is 4.72 Å². The molecular weight excluding hydrogens is 468 g/mol. The summed E-state index contributed by atoms with van der Waals surface area (Å²) in [4.78, 5) is 9.11. The minimum atomic E-state index is -4.01. The van der Waals surface area contributed by atoms with Crippen molar-refractivity contribution >= 4 is 67.1 Å². The third-order valence-corrected chi connectivity index (χ3v) is 7.03. The van der Waals surface area contributed by atoms with Crippen LogP contribution in [-0.2, 0) is 16.6 Å². The zero-order valence-electron chi connectivity index (χ0n) is 16.4. The van der Waals surface area contributed by atoms with Gasteiger partial charge >= 0.3 is 0 Å². The summed E-state index contributed by atoms with van der Waals surface area (Å²) in [5.41, 5.74) is 2.85. The maximum Gasteiger partial charge on any atom is 0.265 e. The zero-order chi connectivity index (χ0) is 22.1. The normalized spacial score (nSPS) is 11.7. The lowest BCUT2D eigenvalue weighted by Gasteiger charge is -2.14. The summed E-state index contributed by atoms with van der Waals surface area (Å²) in [7, 11) is -4.01. The van der Waals surface area contributed by atoms with Crippen LogP contribution in [-0.4, -0.2) is 27.1 Å². The SMILES string of the molecule is O=S(=O)(Nc1nc2ccccc2nc1NCc1ccccc1Cl)c1cccc2nsnc12. The summed E-state index contributed by atoms with van der Waals surface area (Å²) in [6.45, 7) is 0.340. The second-order valence-electron chi connectivity index (χ2n) is 6.85. The number of benzene rings is 3. The molecule has 32 heavy (non-hydrogen) atoms. The summed E-state index contributed by atoms with van der Waals surface area (Å²) in [6.07, 6.45) is 0. The highest BCUT2D eigenvalue weighted by atomic mass is 35.5. The molecule has 0 spiro atoms. The summed E-state index contributed by atoms with van der Waals surface area (Å²) in [5.74, 6) is 0.367. The molecule has 5 rings (SSSR count). The summed E-state index contributed by atoms with van der Waals surface area (Å²) >= 11 is 7.21.